The Morgan fingerprint density at radius 3 is 2.54 bits per heavy atom. The molecule has 2 aromatic rings. The lowest BCUT2D eigenvalue weighted by Gasteiger charge is -2.32. The van der Waals surface area contributed by atoms with Gasteiger partial charge in [-0.05, 0) is 37.8 Å². The number of likely N-dealkylation sites (tertiary alicyclic amines) is 2. The fourth-order valence-corrected chi connectivity index (χ4v) is 4.03. The number of rotatable bonds is 3. The molecule has 1 amide bonds. The maximum absolute atomic E-state index is 12.3. The first-order valence-electron chi connectivity index (χ1n) is 8.92. The number of hydrogen-bond donors (Lipinski definition) is 1. The van der Waals surface area contributed by atoms with Crippen molar-refractivity contribution in [1.82, 2.24) is 19.4 Å². The maximum atomic E-state index is 12.3. The van der Waals surface area contributed by atoms with Crippen LogP contribution in [0.15, 0.2) is 29.1 Å². The zero-order valence-corrected chi connectivity index (χ0v) is 13.9. The third-order valence-electron chi connectivity index (χ3n) is 5.36. The third kappa shape index (κ3) is 2.86. The van der Waals surface area contributed by atoms with E-state index in [-0.39, 0.29) is 17.6 Å². The van der Waals surface area contributed by atoms with E-state index < -0.39 is 0 Å². The quantitative estimate of drug-likeness (QED) is 0.931. The molecule has 3 heterocycles. The predicted octanol–water partition coefficient (Wildman–Crippen LogP) is 1.59. The Hall–Kier alpha value is -2.08. The molecule has 2 fully saturated rings. The van der Waals surface area contributed by atoms with E-state index in [1.807, 2.05) is 33.7 Å². The molecule has 2 saturated heterocycles. The first kappa shape index (κ1) is 15.4. The second kappa shape index (κ2) is 6.43. The number of H-pyrrole nitrogens is 1. The van der Waals surface area contributed by atoms with Crippen LogP contribution in [0.5, 0.6) is 0 Å². The predicted molar refractivity (Wildman–Crippen MR) is 93.1 cm³/mol. The minimum Gasteiger partial charge on any atom is -0.342 e. The van der Waals surface area contributed by atoms with Crippen LogP contribution >= 0.6 is 0 Å². The Labute approximate surface area is 141 Å². The van der Waals surface area contributed by atoms with E-state index in [2.05, 4.69) is 9.88 Å². The summed E-state index contributed by atoms with van der Waals surface area (Å²) >= 11 is 0. The van der Waals surface area contributed by atoms with Gasteiger partial charge in [0.2, 0.25) is 5.91 Å². The molecule has 6 heteroatoms. The number of para-hydroxylation sites is 2. The molecular formula is C18H24N4O2. The fourth-order valence-electron chi connectivity index (χ4n) is 4.03. The van der Waals surface area contributed by atoms with E-state index in [1.165, 1.54) is 0 Å². The van der Waals surface area contributed by atoms with Crippen molar-refractivity contribution in [2.24, 2.45) is 0 Å². The van der Waals surface area contributed by atoms with Gasteiger partial charge in [0.1, 0.15) is 0 Å². The smallest absolute Gasteiger partial charge is 0.326 e. The summed E-state index contributed by atoms with van der Waals surface area (Å²) in [6.45, 7) is 4.10. The summed E-state index contributed by atoms with van der Waals surface area (Å²) in [6, 6.07) is 8.06. The topological polar surface area (TPSA) is 61.3 Å². The molecule has 1 aromatic carbocycles. The molecule has 24 heavy (non-hydrogen) atoms. The maximum Gasteiger partial charge on any atom is 0.326 e. The minimum atomic E-state index is -0.0252. The van der Waals surface area contributed by atoms with E-state index in [4.69, 9.17) is 0 Å². The van der Waals surface area contributed by atoms with Crippen molar-refractivity contribution in [3.63, 3.8) is 0 Å². The van der Waals surface area contributed by atoms with Crippen LogP contribution in [0.1, 0.15) is 31.7 Å². The van der Waals surface area contributed by atoms with Gasteiger partial charge in [-0.3, -0.25) is 14.3 Å². The first-order chi connectivity index (χ1) is 11.7. The molecule has 0 aliphatic carbocycles. The normalized spacial score (nSPS) is 20.1. The second-order valence-corrected chi connectivity index (χ2v) is 6.91. The summed E-state index contributed by atoms with van der Waals surface area (Å²) in [5.41, 5.74) is 1.85. The number of carbonyl (C=O) groups excluding carboxylic acids is 1. The van der Waals surface area contributed by atoms with Gasteiger partial charge in [-0.25, -0.2) is 4.79 Å². The number of hydrogen-bond acceptors (Lipinski definition) is 3. The van der Waals surface area contributed by atoms with E-state index in [1.54, 1.807) is 0 Å². The summed E-state index contributed by atoms with van der Waals surface area (Å²) < 4.78 is 1.90. The zero-order valence-electron chi connectivity index (χ0n) is 13.9. The van der Waals surface area contributed by atoms with Crippen molar-refractivity contribution < 1.29 is 4.79 Å². The molecule has 1 aromatic heterocycles. The van der Waals surface area contributed by atoms with Gasteiger partial charge in [0, 0.05) is 32.2 Å². The Bertz CT molecular complexity index is 780. The van der Waals surface area contributed by atoms with Crippen LogP contribution in [0, 0.1) is 0 Å². The lowest BCUT2D eigenvalue weighted by molar-refractivity contribution is -0.131. The summed E-state index contributed by atoms with van der Waals surface area (Å²) in [7, 11) is 0. The van der Waals surface area contributed by atoms with Crippen molar-refractivity contribution in [3.8, 4) is 0 Å². The summed E-state index contributed by atoms with van der Waals surface area (Å²) in [5.74, 6) is 0.259. The molecule has 0 spiro atoms. The highest BCUT2D eigenvalue weighted by molar-refractivity contribution is 5.78. The number of aromatic amines is 1. The molecule has 0 unspecified atom stereocenters. The molecule has 0 bridgehead atoms. The highest BCUT2D eigenvalue weighted by Crippen LogP contribution is 2.24. The van der Waals surface area contributed by atoms with Gasteiger partial charge in [0.25, 0.3) is 0 Å². The van der Waals surface area contributed by atoms with Gasteiger partial charge in [-0.1, -0.05) is 12.1 Å². The molecule has 6 nitrogen and oxygen atoms in total. The Morgan fingerprint density at radius 1 is 1.08 bits per heavy atom. The lowest BCUT2D eigenvalue weighted by Crippen LogP contribution is -2.43. The van der Waals surface area contributed by atoms with Crippen LogP contribution in [-0.2, 0) is 4.79 Å². The van der Waals surface area contributed by atoms with E-state index in [0.717, 1.165) is 62.9 Å². The Kier molecular flexibility index (Phi) is 4.14. The number of fused-ring (bicyclic) bond motifs is 1. The molecule has 1 N–H and O–H groups in total. The number of carbonyl (C=O) groups is 1. The van der Waals surface area contributed by atoms with Crippen LogP contribution < -0.4 is 5.69 Å². The zero-order chi connectivity index (χ0) is 16.5. The number of amides is 1. The number of nitrogens with one attached hydrogen (secondary N) is 1. The Morgan fingerprint density at radius 2 is 1.79 bits per heavy atom. The van der Waals surface area contributed by atoms with Crippen molar-refractivity contribution in [2.75, 3.05) is 32.7 Å². The molecule has 0 radical (unpaired) electrons. The second-order valence-electron chi connectivity index (χ2n) is 6.91. The molecule has 0 saturated carbocycles. The van der Waals surface area contributed by atoms with Crippen LogP contribution in [0.3, 0.4) is 0 Å². The number of aromatic nitrogens is 2. The van der Waals surface area contributed by atoms with Gasteiger partial charge < -0.3 is 9.88 Å². The molecule has 4 rings (SSSR count). The van der Waals surface area contributed by atoms with Gasteiger partial charge in [-0.2, -0.15) is 0 Å². The van der Waals surface area contributed by atoms with E-state index in [0.29, 0.717) is 6.54 Å². The highest BCUT2D eigenvalue weighted by Gasteiger charge is 2.26. The van der Waals surface area contributed by atoms with Crippen molar-refractivity contribution >= 4 is 16.9 Å². The summed E-state index contributed by atoms with van der Waals surface area (Å²) in [6.07, 6.45) is 4.10. The number of imidazole rings is 1. The lowest BCUT2D eigenvalue weighted by atomic mass is 10.0. The van der Waals surface area contributed by atoms with Crippen LogP contribution in [-0.4, -0.2) is 58.0 Å². The molecular weight excluding hydrogens is 304 g/mol. The van der Waals surface area contributed by atoms with Gasteiger partial charge >= 0.3 is 5.69 Å². The van der Waals surface area contributed by atoms with Crippen LogP contribution in [0.25, 0.3) is 11.0 Å². The number of piperidine rings is 1. The molecule has 0 atom stereocenters. The minimum absolute atomic E-state index is 0.0252. The molecule has 2 aliphatic rings. The summed E-state index contributed by atoms with van der Waals surface area (Å²) in [4.78, 5) is 31.7. The number of nitrogens with zero attached hydrogens (tertiary/aromatic N) is 3. The average molecular weight is 328 g/mol. The monoisotopic (exact) mass is 328 g/mol. The van der Waals surface area contributed by atoms with E-state index >= 15 is 0 Å². The Balaban J connectivity index is 1.41. The first-order valence-corrected chi connectivity index (χ1v) is 8.92. The van der Waals surface area contributed by atoms with Crippen molar-refractivity contribution in [2.45, 2.75) is 31.7 Å². The largest absolute Gasteiger partial charge is 0.342 e. The summed E-state index contributed by atoms with van der Waals surface area (Å²) in [5, 5.41) is 0. The number of benzene rings is 1. The van der Waals surface area contributed by atoms with Gasteiger partial charge in [0.05, 0.1) is 17.6 Å². The molecule has 128 valence electrons. The van der Waals surface area contributed by atoms with E-state index in [9.17, 15) is 9.59 Å². The van der Waals surface area contributed by atoms with Crippen LogP contribution in [0.2, 0.25) is 0 Å². The third-order valence-corrected chi connectivity index (χ3v) is 5.36. The van der Waals surface area contributed by atoms with Gasteiger partial charge in [0.15, 0.2) is 0 Å². The SMILES string of the molecule is O=C(CN1CCC(n2c(=O)[nH]c3ccccc32)CC1)N1CCCC1. The van der Waals surface area contributed by atoms with Crippen molar-refractivity contribution in [3.05, 3.63) is 34.7 Å². The highest BCUT2D eigenvalue weighted by atomic mass is 16.2. The van der Waals surface area contributed by atoms with Crippen LogP contribution in [0.4, 0.5) is 0 Å². The van der Waals surface area contributed by atoms with Crippen molar-refractivity contribution in [1.29, 1.82) is 0 Å². The fraction of sp³-hybridized carbons (Fsp3) is 0.556. The average Bonchev–Trinajstić information content (AvgIpc) is 3.23. The molecule has 2 aliphatic heterocycles. The van der Waals surface area contributed by atoms with Gasteiger partial charge in [-0.15, -0.1) is 0 Å². The standard InChI is InChI=1S/C18H24N4O2/c23-17(21-9-3-4-10-21)13-20-11-7-14(8-12-20)22-16-6-2-1-5-15(16)19-18(22)24/h1-2,5-6,14H,3-4,7-13H2,(H,19,24).